The summed E-state index contributed by atoms with van der Waals surface area (Å²) >= 11 is 5.78. The zero-order valence-electron chi connectivity index (χ0n) is 14.4. The van der Waals surface area contributed by atoms with Gasteiger partial charge in [0.25, 0.3) is 0 Å². The Kier molecular flexibility index (Phi) is 4.60. The Labute approximate surface area is 163 Å². The van der Waals surface area contributed by atoms with E-state index in [0.29, 0.717) is 22.3 Å². The van der Waals surface area contributed by atoms with E-state index in [1.54, 1.807) is 24.3 Å². The molecule has 4 rings (SSSR count). The van der Waals surface area contributed by atoms with Crippen LogP contribution in [0.4, 0.5) is 15.8 Å². The largest absolute Gasteiger partial charge is 0.423 e. The highest BCUT2D eigenvalue weighted by molar-refractivity contribution is 6.31. The topological polar surface area (TPSA) is 79.6 Å². The maximum atomic E-state index is 13.3. The number of carbonyl (C=O) groups is 2. The number of carbonyl (C=O) groups excluding carboxylic acids is 2. The Morgan fingerprint density at radius 3 is 2.75 bits per heavy atom. The van der Waals surface area contributed by atoms with E-state index in [4.69, 9.17) is 16.0 Å². The molecule has 3 aromatic rings. The minimum atomic E-state index is -0.571. The van der Waals surface area contributed by atoms with Crippen molar-refractivity contribution >= 4 is 45.8 Å². The van der Waals surface area contributed by atoms with Gasteiger partial charge in [0.05, 0.1) is 10.9 Å². The molecule has 0 aliphatic carbocycles. The molecule has 1 fully saturated rings. The second-order valence-electron chi connectivity index (χ2n) is 6.50. The molecule has 1 saturated heterocycles. The molecule has 0 spiro atoms. The van der Waals surface area contributed by atoms with Crippen LogP contribution < -0.4 is 15.8 Å². The van der Waals surface area contributed by atoms with Crippen LogP contribution in [0.5, 0.6) is 0 Å². The summed E-state index contributed by atoms with van der Waals surface area (Å²) in [6, 6.07) is 11.8. The number of rotatable bonds is 3. The van der Waals surface area contributed by atoms with Gasteiger partial charge in [-0.05, 0) is 42.5 Å². The summed E-state index contributed by atoms with van der Waals surface area (Å²) < 4.78 is 18.4. The first-order valence-corrected chi connectivity index (χ1v) is 8.89. The Balaban J connectivity index is 1.49. The maximum absolute atomic E-state index is 13.3. The first-order chi connectivity index (χ1) is 13.4. The van der Waals surface area contributed by atoms with Crippen LogP contribution in [0.25, 0.3) is 11.0 Å². The number of nitrogens with zero attached hydrogens (tertiary/aromatic N) is 1. The number of anilines is 2. The molecule has 2 aromatic carbocycles. The van der Waals surface area contributed by atoms with E-state index < -0.39 is 17.4 Å². The summed E-state index contributed by atoms with van der Waals surface area (Å²) in [6.45, 7) is 0.176. The average molecular weight is 401 g/mol. The summed E-state index contributed by atoms with van der Waals surface area (Å²) in [5, 5.41) is 3.37. The lowest BCUT2D eigenvalue weighted by Crippen LogP contribution is -2.28. The molecule has 8 heteroatoms. The van der Waals surface area contributed by atoms with Crippen molar-refractivity contribution < 1.29 is 18.4 Å². The van der Waals surface area contributed by atoms with Crippen LogP contribution >= 0.6 is 11.6 Å². The van der Waals surface area contributed by atoms with Gasteiger partial charge in [0.2, 0.25) is 11.8 Å². The highest BCUT2D eigenvalue weighted by Gasteiger charge is 2.35. The van der Waals surface area contributed by atoms with E-state index in [-0.39, 0.29) is 29.8 Å². The van der Waals surface area contributed by atoms with Gasteiger partial charge in [-0.15, -0.1) is 0 Å². The zero-order chi connectivity index (χ0) is 19.8. The summed E-state index contributed by atoms with van der Waals surface area (Å²) in [6.07, 6.45) is 0.0449. The van der Waals surface area contributed by atoms with Crippen molar-refractivity contribution in [2.75, 3.05) is 16.8 Å². The maximum Gasteiger partial charge on any atom is 0.336 e. The van der Waals surface area contributed by atoms with E-state index in [9.17, 15) is 18.8 Å². The zero-order valence-corrected chi connectivity index (χ0v) is 15.2. The minimum Gasteiger partial charge on any atom is -0.423 e. The number of nitrogens with one attached hydrogen (secondary N) is 1. The van der Waals surface area contributed by atoms with Crippen LogP contribution in [0.3, 0.4) is 0 Å². The summed E-state index contributed by atoms with van der Waals surface area (Å²) in [5.74, 6) is -1.66. The van der Waals surface area contributed by atoms with Crippen molar-refractivity contribution in [2.45, 2.75) is 6.42 Å². The Morgan fingerprint density at radius 1 is 1.14 bits per heavy atom. The van der Waals surface area contributed by atoms with Crippen molar-refractivity contribution in [3.63, 3.8) is 0 Å². The second-order valence-corrected chi connectivity index (χ2v) is 6.91. The van der Waals surface area contributed by atoms with Crippen molar-refractivity contribution in [1.82, 2.24) is 0 Å². The monoisotopic (exact) mass is 400 g/mol. The fraction of sp³-hybridized carbons (Fsp3) is 0.150. The van der Waals surface area contributed by atoms with Crippen LogP contribution in [0.1, 0.15) is 6.42 Å². The Bertz CT molecular complexity index is 1160. The Hall–Kier alpha value is -3.19. The van der Waals surface area contributed by atoms with Gasteiger partial charge >= 0.3 is 5.63 Å². The molecule has 1 N–H and O–H groups in total. The molecule has 2 amide bonds. The van der Waals surface area contributed by atoms with Crippen LogP contribution in [0.2, 0.25) is 5.02 Å². The van der Waals surface area contributed by atoms with Gasteiger partial charge in [-0.1, -0.05) is 11.6 Å². The molecule has 1 aliphatic rings. The van der Waals surface area contributed by atoms with E-state index in [1.165, 1.54) is 29.2 Å². The molecule has 1 atom stereocenters. The average Bonchev–Trinajstić information content (AvgIpc) is 3.06. The molecule has 6 nitrogen and oxygen atoms in total. The number of halogens is 2. The standard InChI is InChI=1S/C20H14ClFN2O4/c21-15-9-14(3-4-16(15)22)24-10-12(8-18(24)25)20(27)23-13-2-5-17-11(7-13)1-6-19(26)28-17/h1-7,9,12H,8,10H2,(H,23,27)/t12-/m1/s1. The van der Waals surface area contributed by atoms with Gasteiger partial charge in [0.1, 0.15) is 11.4 Å². The van der Waals surface area contributed by atoms with E-state index in [2.05, 4.69) is 5.32 Å². The summed E-state index contributed by atoms with van der Waals surface area (Å²) in [4.78, 5) is 37.6. The molecule has 0 radical (unpaired) electrons. The van der Waals surface area contributed by atoms with E-state index in [1.807, 2.05) is 0 Å². The van der Waals surface area contributed by atoms with Crippen LogP contribution in [-0.2, 0) is 9.59 Å². The molecule has 2 heterocycles. The normalized spacial score (nSPS) is 16.6. The molecule has 0 saturated carbocycles. The smallest absolute Gasteiger partial charge is 0.336 e. The number of hydrogen-bond acceptors (Lipinski definition) is 4. The first kappa shape index (κ1) is 18.2. The van der Waals surface area contributed by atoms with Gasteiger partial charge < -0.3 is 14.6 Å². The second kappa shape index (κ2) is 7.09. The van der Waals surface area contributed by atoms with E-state index >= 15 is 0 Å². The molecule has 1 aliphatic heterocycles. The van der Waals surface area contributed by atoms with Gasteiger partial charge in [0.15, 0.2) is 0 Å². The molecule has 0 bridgehead atoms. The lowest BCUT2D eigenvalue weighted by molar-refractivity contribution is -0.122. The quantitative estimate of drug-likeness (QED) is 0.681. The number of benzene rings is 2. The lowest BCUT2D eigenvalue weighted by atomic mass is 10.1. The molecule has 142 valence electrons. The third-order valence-electron chi connectivity index (χ3n) is 4.60. The fourth-order valence-electron chi connectivity index (χ4n) is 3.18. The van der Waals surface area contributed by atoms with Gasteiger partial charge in [-0.3, -0.25) is 9.59 Å². The SMILES string of the molecule is O=C(Nc1ccc2oc(=O)ccc2c1)[C@@H]1CC(=O)N(c2ccc(F)c(Cl)c2)C1. The fourth-order valence-corrected chi connectivity index (χ4v) is 3.35. The van der Waals surface area contributed by atoms with Crippen molar-refractivity contribution in [3.05, 3.63) is 69.8 Å². The van der Waals surface area contributed by atoms with Gasteiger partial charge in [-0.2, -0.15) is 0 Å². The summed E-state index contributed by atoms with van der Waals surface area (Å²) in [5.41, 5.74) is 0.949. The Morgan fingerprint density at radius 2 is 1.96 bits per heavy atom. The highest BCUT2D eigenvalue weighted by atomic mass is 35.5. The number of fused-ring (bicyclic) bond motifs is 1. The van der Waals surface area contributed by atoms with Crippen LogP contribution in [-0.4, -0.2) is 18.4 Å². The highest BCUT2D eigenvalue weighted by Crippen LogP contribution is 2.29. The van der Waals surface area contributed by atoms with Crippen LogP contribution in [0.15, 0.2) is 57.7 Å². The minimum absolute atomic E-state index is 0.0449. The first-order valence-electron chi connectivity index (χ1n) is 8.51. The number of amides is 2. The molecule has 0 unspecified atom stereocenters. The third kappa shape index (κ3) is 3.48. The van der Waals surface area contributed by atoms with Crippen molar-refractivity contribution in [3.8, 4) is 0 Å². The van der Waals surface area contributed by atoms with E-state index in [0.717, 1.165) is 0 Å². The predicted octanol–water partition coefficient (Wildman–Crippen LogP) is 3.58. The predicted molar refractivity (Wildman–Crippen MR) is 103 cm³/mol. The summed E-state index contributed by atoms with van der Waals surface area (Å²) in [7, 11) is 0. The van der Waals surface area contributed by atoms with Gasteiger partial charge in [0, 0.05) is 35.8 Å². The lowest BCUT2D eigenvalue weighted by Gasteiger charge is -2.17. The molecular formula is C20H14ClFN2O4. The van der Waals surface area contributed by atoms with Gasteiger partial charge in [-0.25, -0.2) is 9.18 Å². The number of hydrogen-bond donors (Lipinski definition) is 1. The molecule has 28 heavy (non-hydrogen) atoms. The van der Waals surface area contributed by atoms with Crippen molar-refractivity contribution in [1.29, 1.82) is 0 Å². The third-order valence-corrected chi connectivity index (χ3v) is 4.89. The molecule has 1 aromatic heterocycles. The van der Waals surface area contributed by atoms with Crippen molar-refractivity contribution in [2.24, 2.45) is 5.92 Å². The molecular weight excluding hydrogens is 387 g/mol. The van der Waals surface area contributed by atoms with Crippen LogP contribution in [0, 0.1) is 11.7 Å².